The molecule has 1 fully saturated rings. The Kier molecular flexibility index (Phi) is 10.6. The van der Waals surface area contributed by atoms with E-state index in [1.807, 2.05) is 42.5 Å². The highest BCUT2D eigenvalue weighted by Gasteiger charge is 2.30. The van der Waals surface area contributed by atoms with Crippen LogP contribution in [0.3, 0.4) is 0 Å². The molecule has 0 aliphatic heterocycles. The number of amides is 3. The summed E-state index contributed by atoms with van der Waals surface area (Å²) in [5.41, 5.74) is 6.53. The summed E-state index contributed by atoms with van der Waals surface area (Å²) >= 11 is 0. The quantitative estimate of drug-likeness (QED) is 0.551. The number of benzene rings is 2. The summed E-state index contributed by atoms with van der Waals surface area (Å²) in [7, 11) is 0. The smallest absolute Gasteiger partial charge is 0.410 e. The molecule has 0 bridgehead atoms. The number of nitrogens with zero attached hydrogens (tertiary/aromatic N) is 1. The maximum Gasteiger partial charge on any atom is 0.410 e. The summed E-state index contributed by atoms with van der Waals surface area (Å²) in [5, 5.41) is 4.97. The van der Waals surface area contributed by atoms with Gasteiger partial charge in [-0.2, -0.15) is 0 Å². The fourth-order valence-corrected chi connectivity index (χ4v) is 4.49. The van der Waals surface area contributed by atoms with E-state index in [9.17, 15) is 14.4 Å². The van der Waals surface area contributed by atoms with Crippen LogP contribution < -0.4 is 11.1 Å². The van der Waals surface area contributed by atoms with Crippen LogP contribution in [0.5, 0.6) is 0 Å². The van der Waals surface area contributed by atoms with Crippen LogP contribution in [0.1, 0.15) is 51.5 Å². The third-order valence-corrected chi connectivity index (χ3v) is 6.35. The average Bonchev–Trinajstić information content (AvgIpc) is 2.82. The Morgan fingerprint density at radius 1 is 1.09 bits per heavy atom. The second-order valence-electron chi connectivity index (χ2n) is 8.89. The molecule has 0 heterocycles. The zero-order chi connectivity index (χ0) is 23.8. The minimum atomic E-state index is -0.827. The Bertz CT molecular complexity index is 977. The Balaban J connectivity index is 0.00000408. The topological polar surface area (TPSA) is 102 Å². The molecule has 2 aromatic rings. The molecule has 3 amide bonds. The highest BCUT2D eigenvalue weighted by molar-refractivity contribution is 5.88. The van der Waals surface area contributed by atoms with Gasteiger partial charge in [0.1, 0.15) is 6.04 Å². The van der Waals surface area contributed by atoms with E-state index in [-0.39, 0.29) is 43.6 Å². The lowest BCUT2D eigenvalue weighted by atomic mass is 9.93. The molecule has 3 rings (SSSR count). The molecule has 0 spiro atoms. The van der Waals surface area contributed by atoms with E-state index in [0.29, 0.717) is 6.42 Å². The molecule has 2 atom stereocenters. The van der Waals surface area contributed by atoms with Gasteiger partial charge in [0, 0.05) is 19.0 Å². The molecular weight excluding hydrogens is 454 g/mol. The molecule has 8 heteroatoms. The SMILES string of the molecule is CCOC(=O)N(CC(C)C(=O)NC(Cc1ccc2ccccc2c1)C(N)=O)C1CCCCC1.Cl. The number of rotatable bonds is 9. The van der Waals surface area contributed by atoms with Crippen LogP contribution in [0, 0.1) is 5.92 Å². The molecule has 2 aromatic carbocycles. The first-order valence-electron chi connectivity index (χ1n) is 11.9. The number of nitrogens with one attached hydrogen (secondary N) is 1. The van der Waals surface area contributed by atoms with Gasteiger partial charge in [0.25, 0.3) is 0 Å². The van der Waals surface area contributed by atoms with Gasteiger partial charge >= 0.3 is 6.09 Å². The number of hydrogen-bond donors (Lipinski definition) is 2. The minimum Gasteiger partial charge on any atom is -0.450 e. The van der Waals surface area contributed by atoms with Crippen molar-refractivity contribution in [3.63, 3.8) is 0 Å². The van der Waals surface area contributed by atoms with Crippen molar-refractivity contribution in [2.75, 3.05) is 13.2 Å². The second kappa shape index (κ2) is 13.2. The first kappa shape index (κ1) is 27.4. The highest BCUT2D eigenvalue weighted by atomic mass is 35.5. The van der Waals surface area contributed by atoms with Gasteiger partial charge in [-0.1, -0.05) is 68.7 Å². The number of primary amides is 1. The van der Waals surface area contributed by atoms with Crippen molar-refractivity contribution < 1.29 is 19.1 Å². The van der Waals surface area contributed by atoms with E-state index in [1.165, 1.54) is 0 Å². The van der Waals surface area contributed by atoms with Crippen LogP contribution >= 0.6 is 12.4 Å². The van der Waals surface area contributed by atoms with Crippen molar-refractivity contribution in [2.24, 2.45) is 11.7 Å². The fourth-order valence-electron chi connectivity index (χ4n) is 4.49. The molecule has 3 N–H and O–H groups in total. The first-order valence-corrected chi connectivity index (χ1v) is 11.9. The second-order valence-corrected chi connectivity index (χ2v) is 8.89. The number of carbonyl (C=O) groups is 3. The number of carbonyl (C=O) groups excluding carboxylic acids is 3. The Morgan fingerprint density at radius 3 is 2.41 bits per heavy atom. The first-order chi connectivity index (χ1) is 15.9. The molecule has 0 aromatic heterocycles. The van der Waals surface area contributed by atoms with E-state index < -0.39 is 17.9 Å². The average molecular weight is 490 g/mol. The number of nitrogens with two attached hydrogens (primary N) is 1. The van der Waals surface area contributed by atoms with Crippen molar-refractivity contribution in [1.29, 1.82) is 0 Å². The van der Waals surface area contributed by atoms with E-state index in [1.54, 1.807) is 18.7 Å². The molecule has 2 unspecified atom stereocenters. The van der Waals surface area contributed by atoms with Crippen molar-refractivity contribution in [3.05, 3.63) is 48.0 Å². The third-order valence-electron chi connectivity index (χ3n) is 6.35. The van der Waals surface area contributed by atoms with Crippen molar-refractivity contribution in [1.82, 2.24) is 10.2 Å². The summed E-state index contributed by atoms with van der Waals surface area (Å²) < 4.78 is 5.25. The van der Waals surface area contributed by atoms with Gasteiger partial charge in [-0.05, 0) is 36.1 Å². The van der Waals surface area contributed by atoms with Crippen LogP contribution in [-0.4, -0.2) is 48.0 Å². The number of ether oxygens (including phenoxy) is 1. The molecule has 1 saturated carbocycles. The normalized spacial score (nSPS) is 15.6. The van der Waals surface area contributed by atoms with Gasteiger partial charge < -0.3 is 20.7 Å². The Morgan fingerprint density at radius 2 is 1.76 bits per heavy atom. The summed E-state index contributed by atoms with van der Waals surface area (Å²) in [6.07, 6.45) is 5.05. The summed E-state index contributed by atoms with van der Waals surface area (Å²) in [5.74, 6) is -1.39. The van der Waals surface area contributed by atoms with Crippen molar-refractivity contribution in [2.45, 2.75) is 64.5 Å². The van der Waals surface area contributed by atoms with Crippen molar-refractivity contribution in [3.8, 4) is 0 Å². The molecule has 1 aliphatic carbocycles. The maximum absolute atomic E-state index is 13.0. The van der Waals surface area contributed by atoms with Gasteiger partial charge in [0.2, 0.25) is 11.8 Å². The molecule has 34 heavy (non-hydrogen) atoms. The maximum atomic E-state index is 13.0. The molecular formula is C26H36ClN3O4. The monoisotopic (exact) mass is 489 g/mol. The predicted octanol–water partition coefficient (Wildman–Crippen LogP) is 4.20. The van der Waals surface area contributed by atoms with Gasteiger partial charge in [0.05, 0.1) is 12.5 Å². The number of halogens is 1. The van der Waals surface area contributed by atoms with E-state index >= 15 is 0 Å². The summed E-state index contributed by atoms with van der Waals surface area (Å²) in [6, 6.07) is 13.2. The number of hydrogen-bond acceptors (Lipinski definition) is 4. The summed E-state index contributed by atoms with van der Waals surface area (Å²) in [6.45, 7) is 4.07. The van der Waals surface area contributed by atoms with Gasteiger partial charge in [-0.25, -0.2) is 4.79 Å². The lowest BCUT2D eigenvalue weighted by Crippen LogP contribution is -2.51. The van der Waals surface area contributed by atoms with Crippen LogP contribution in [0.25, 0.3) is 10.8 Å². The van der Waals surface area contributed by atoms with E-state index in [0.717, 1.165) is 48.4 Å². The lowest BCUT2D eigenvalue weighted by molar-refractivity contribution is -0.130. The van der Waals surface area contributed by atoms with Crippen LogP contribution in [0.4, 0.5) is 4.79 Å². The number of fused-ring (bicyclic) bond motifs is 1. The molecule has 7 nitrogen and oxygen atoms in total. The largest absolute Gasteiger partial charge is 0.450 e. The lowest BCUT2D eigenvalue weighted by Gasteiger charge is -2.35. The molecule has 186 valence electrons. The van der Waals surface area contributed by atoms with Crippen molar-refractivity contribution >= 4 is 41.1 Å². The van der Waals surface area contributed by atoms with Crippen LogP contribution in [-0.2, 0) is 20.7 Å². The standard InChI is InChI=1S/C26H35N3O4.ClH/c1-3-33-26(32)29(22-11-5-4-6-12-22)17-18(2)25(31)28-23(24(27)30)16-19-13-14-20-9-7-8-10-21(20)15-19;/h7-10,13-15,18,22-23H,3-6,11-12,16-17H2,1-2H3,(H2,27,30)(H,28,31);1H. The third kappa shape index (κ3) is 7.35. The fraction of sp³-hybridized carbons (Fsp3) is 0.500. The zero-order valence-corrected chi connectivity index (χ0v) is 20.8. The van der Waals surface area contributed by atoms with E-state index in [2.05, 4.69) is 5.32 Å². The Hall–Kier alpha value is -2.80. The van der Waals surface area contributed by atoms with Crippen LogP contribution in [0.15, 0.2) is 42.5 Å². The molecule has 0 radical (unpaired) electrons. The summed E-state index contributed by atoms with van der Waals surface area (Å²) in [4.78, 5) is 39.3. The molecule has 0 saturated heterocycles. The molecule has 1 aliphatic rings. The highest BCUT2D eigenvalue weighted by Crippen LogP contribution is 2.24. The van der Waals surface area contributed by atoms with Gasteiger partial charge in [-0.15, -0.1) is 12.4 Å². The Labute approximate surface area is 207 Å². The van der Waals surface area contributed by atoms with Crippen LogP contribution in [0.2, 0.25) is 0 Å². The van der Waals surface area contributed by atoms with E-state index in [4.69, 9.17) is 10.5 Å². The minimum absolute atomic E-state index is 0. The van der Waals surface area contributed by atoms with Gasteiger partial charge in [-0.3, -0.25) is 9.59 Å². The zero-order valence-electron chi connectivity index (χ0n) is 20.0. The predicted molar refractivity (Wildman–Crippen MR) is 136 cm³/mol. The van der Waals surface area contributed by atoms with Gasteiger partial charge in [0.15, 0.2) is 0 Å².